The van der Waals surface area contributed by atoms with Crippen molar-refractivity contribution >= 4 is 50.6 Å². The summed E-state index contributed by atoms with van der Waals surface area (Å²) in [4.78, 5) is 2.34. The molecule has 5 nitrogen and oxygen atoms in total. The van der Waals surface area contributed by atoms with Crippen LogP contribution >= 0.6 is 23.5 Å². The monoisotopic (exact) mass is 535 g/mol. The van der Waals surface area contributed by atoms with Gasteiger partial charge < -0.3 is 14.2 Å². The van der Waals surface area contributed by atoms with Gasteiger partial charge in [0.25, 0.3) is 0 Å². The fraction of sp³-hybridized carbons (Fsp3) is 0.231. The van der Waals surface area contributed by atoms with Gasteiger partial charge in [-0.3, -0.25) is 0 Å². The zero-order valence-corrected chi connectivity index (χ0v) is 24.5. The minimum absolute atomic E-state index is 0. The van der Waals surface area contributed by atoms with Gasteiger partial charge in [0.2, 0.25) is 0 Å². The molecule has 0 spiro atoms. The maximum absolute atomic E-state index is 11.0. The summed E-state index contributed by atoms with van der Waals surface area (Å²) in [5.74, 6) is 1.07. The zero-order chi connectivity index (χ0) is 24.1. The Balaban J connectivity index is 0.00000342. The van der Waals surface area contributed by atoms with Gasteiger partial charge >= 0.3 is 29.6 Å². The number of ether oxygens (including phenoxy) is 1. The van der Waals surface area contributed by atoms with E-state index in [0.29, 0.717) is 18.7 Å². The van der Waals surface area contributed by atoms with E-state index in [1.807, 2.05) is 30.5 Å². The van der Waals surface area contributed by atoms with Gasteiger partial charge in [-0.25, -0.2) is 8.42 Å². The molecular formula is C26H26NNaO4S3. The van der Waals surface area contributed by atoms with Gasteiger partial charge in [0.15, 0.2) is 0 Å². The van der Waals surface area contributed by atoms with Gasteiger partial charge in [-0.1, -0.05) is 48.5 Å². The number of rotatable bonds is 9. The quantitative estimate of drug-likeness (QED) is 0.237. The summed E-state index contributed by atoms with van der Waals surface area (Å²) in [7, 11) is -2.53. The van der Waals surface area contributed by atoms with Crippen LogP contribution in [0.15, 0.2) is 77.0 Å². The number of fused-ring (bicyclic) bond motifs is 2. The van der Waals surface area contributed by atoms with Gasteiger partial charge in [0.05, 0.1) is 17.2 Å². The molecule has 0 saturated heterocycles. The third-order valence-electron chi connectivity index (χ3n) is 5.59. The number of hydrogen-bond donors (Lipinski definition) is 0. The molecule has 1 aliphatic heterocycles. The van der Waals surface area contributed by atoms with Crippen LogP contribution in [0.1, 0.15) is 23.1 Å². The van der Waals surface area contributed by atoms with Crippen molar-refractivity contribution in [1.29, 1.82) is 0 Å². The average molecular weight is 536 g/mol. The SMILES string of the molecule is COc1ccc(CN2c3ccccc3C(=C(SC)SCCCS(=O)(=O)[O-])c3ccccc32)cc1.[Na+]. The molecular weight excluding hydrogens is 509 g/mol. The smallest absolute Gasteiger partial charge is 0.748 e. The first-order valence-corrected chi connectivity index (χ1v) is 14.6. The minimum atomic E-state index is -4.19. The van der Waals surface area contributed by atoms with Crippen molar-refractivity contribution in [1.82, 2.24) is 0 Å². The predicted octanol–water partition coefficient (Wildman–Crippen LogP) is 3.10. The van der Waals surface area contributed by atoms with Gasteiger partial charge in [0.1, 0.15) is 5.75 Å². The third-order valence-corrected chi connectivity index (χ3v) is 8.77. The first kappa shape index (κ1) is 28.2. The maximum Gasteiger partial charge on any atom is 1.00 e. The second-order valence-corrected chi connectivity index (χ2v) is 11.5. The molecule has 9 heteroatoms. The first-order valence-electron chi connectivity index (χ1n) is 10.8. The van der Waals surface area contributed by atoms with Crippen LogP contribution in [0, 0.1) is 0 Å². The number of para-hydroxylation sites is 2. The van der Waals surface area contributed by atoms with Crippen molar-refractivity contribution in [3.63, 3.8) is 0 Å². The second kappa shape index (κ2) is 12.7. The van der Waals surface area contributed by atoms with Crippen molar-refractivity contribution in [2.24, 2.45) is 0 Å². The number of anilines is 2. The van der Waals surface area contributed by atoms with E-state index in [1.165, 1.54) is 5.56 Å². The van der Waals surface area contributed by atoms with Crippen LogP contribution < -0.4 is 39.2 Å². The van der Waals surface area contributed by atoms with Crippen molar-refractivity contribution in [2.75, 3.05) is 29.8 Å². The molecule has 3 aromatic carbocycles. The van der Waals surface area contributed by atoms with Crippen LogP contribution in [0.3, 0.4) is 0 Å². The summed E-state index contributed by atoms with van der Waals surface area (Å²) < 4.78 is 39.4. The van der Waals surface area contributed by atoms with Gasteiger partial charge in [-0.15, -0.1) is 23.5 Å². The molecule has 0 aromatic heterocycles. The Morgan fingerprint density at radius 3 is 2.03 bits per heavy atom. The van der Waals surface area contributed by atoms with Crippen LogP contribution in [-0.2, 0) is 16.7 Å². The summed E-state index contributed by atoms with van der Waals surface area (Å²) in [5.41, 5.74) is 6.87. The normalized spacial score (nSPS) is 12.4. The number of benzene rings is 3. The Bertz CT molecular complexity index is 1240. The Morgan fingerprint density at radius 2 is 1.51 bits per heavy atom. The molecule has 35 heavy (non-hydrogen) atoms. The molecule has 1 aliphatic rings. The molecule has 0 atom stereocenters. The van der Waals surface area contributed by atoms with Crippen LogP contribution in [0.4, 0.5) is 11.4 Å². The Morgan fingerprint density at radius 1 is 0.943 bits per heavy atom. The third kappa shape index (κ3) is 6.89. The second-order valence-electron chi connectivity index (χ2n) is 7.80. The standard InChI is InChI=1S/C26H27NO4S3.Na/c1-31-20-14-12-19(13-15-20)18-27-23-10-5-3-8-21(23)25(22-9-4-6-11-24(22)27)26(32-2)33-16-7-17-34(28,29)30;/h3-6,8-15H,7,16-18H2,1-2H3,(H,28,29,30);/q;+1/p-1. The molecule has 0 fully saturated rings. The van der Waals surface area contributed by atoms with Crippen molar-refractivity contribution in [3.8, 4) is 5.75 Å². The summed E-state index contributed by atoms with van der Waals surface area (Å²) in [6.07, 6.45) is 2.37. The van der Waals surface area contributed by atoms with Gasteiger partial charge in [0, 0.05) is 44.6 Å². The first-order chi connectivity index (χ1) is 16.4. The topological polar surface area (TPSA) is 69.7 Å². The van der Waals surface area contributed by atoms with E-state index >= 15 is 0 Å². The Kier molecular flexibility index (Phi) is 10.2. The van der Waals surface area contributed by atoms with E-state index in [4.69, 9.17) is 4.74 Å². The van der Waals surface area contributed by atoms with E-state index in [1.54, 1.807) is 30.6 Å². The molecule has 178 valence electrons. The van der Waals surface area contributed by atoms with E-state index in [2.05, 4.69) is 53.4 Å². The summed E-state index contributed by atoms with van der Waals surface area (Å²) in [6, 6.07) is 24.9. The largest absolute Gasteiger partial charge is 1.00 e. The molecule has 0 radical (unpaired) electrons. The summed E-state index contributed by atoms with van der Waals surface area (Å²) in [6.45, 7) is 0.717. The average Bonchev–Trinajstić information content (AvgIpc) is 2.84. The number of hydrogen-bond acceptors (Lipinski definition) is 7. The molecule has 1 heterocycles. The van der Waals surface area contributed by atoms with Crippen molar-refractivity contribution < 1.29 is 47.3 Å². The van der Waals surface area contributed by atoms with Crippen LogP contribution in [-0.4, -0.2) is 37.8 Å². The molecule has 3 aromatic rings. The van der Waals surface area contributed by atoms with Crippen LogP contribution in [0.25, 0.3) is 5.57 Å². The molecule has 0 saturated carbocycles. The maximum atomic E-state index is 11.0. The van der Waals surface area contributed by atoms with Crippen molar-refractivity contribution in [2.45, 2.75) is 13.0 Å². The van der Waals surface area contributed by atoms with Gasteiger partial charge in [-0.2, -0.15) is 0 Å². The molecule has 0 unspecified atom stereocenters. The predicted molar refractivity (Wildman–Crippen MR) is 143 cm³/mol. The Labute approximate surface area is 238 Å². The minimum Gasteiger partial charge on any atom is -0.748 e. The number of nitrogens with zero attached hydrogens (tertiary/aromatic N) is 1. The molecule has 0 bridgehead atoms. The van der Waals surface area contributed by atoms with Crippen molar-refractivity contribution in [3.05, 3.63) is 93.7 Å². The molecule has 0 amide bonds. The number of thioether (sulfide) groups is 2. The van der Waals surface area contributed by atoms with E-state index in [9.17, 15) is 13.0 Å². The number of methoxy groups -OCH3 is 1. The van der Waals surface area contributed by atoms with E-state index < -0.39 is 10.1 Å². The fourth-order valence-electron chi connectivity index (χ4n) is 4.05. The molecule has 0 aliphatic carbocycles. The van der Waals surface area contributed by atoms with Crippen LogP contribution in [0.5, 0.6) is 5.75 Å². The summed E-state index contributed by atoms with van der Waals surface area (Å²) >= 11 is 3.27. The van der Waals surface area contributed by atoms with Gasteiger partial charge in [-0.05, 0) is 48.3 Å². The molecule has 4 rings (SSSR count). The fourth-order valence-corrected chi connectivity index (χ4v) is 6.72. The molecule has 0 N–H and O–H groups in total. The zero-order valence-electron chi connectivity index (χ0n) is 20.1. The Hall–Kier alpha value is -1.39. The van der Waals surface area contributed by atoms with Crippen LogP contribution in [0.2, 0.25) is 0 Å². The summed E-state index contributed by atoms with van der Waals surface area (Å²) in [5, 5.41) is 0. The van der Waals surface area contributed by atoms with E-state index in [0.717, 1.165) is 38.1 Å². The van der Waals surface area contributed by atoms with E-state index in [-0.39, 0.29) is 35.3 Å².